The van der Waals surface area contributed by atoms with E-state index in [1.54, 1.807) is 0 Å². The number of nitrogens with two attached hydrogens (primary N) is 1. The van der Waals surface area contributed by atoms with Crippen molar-refractivity contribution >= 4 is 12.4 Å². The normalized spacial score (nSPS) is 12.8. The molecule has 0 aliphatic rings. The smallest absolute Gasteiger partial charge is 0.125 e. The number of aryl methyl sites for hydroxylation is 1. The molecule has 0 bridgehead atoms. The largest absolute Gasteiger partial charge is 0.493 e. The Bertz CT molecular complexity index is 424. The first-order valence-corrected chi connectivity index (χ1v) is 7.32. The van der Waals surface area contributed by atoms with E-state index in [0.29, 0.717) is 6.61 Å². The van der Waals surface area contributed by atoms with Crippen molar-refractivity contribution in [1.29, 1.82) is 0 Å². The minimum atomic E-state index is 0. The second-order valence-electron chi connectivity index (χ2n) is 6.34. The summed E-state index contributed by atoms with van der Waals surface area (Å²) in [5, 5.41) is 0. The molecular formula is C17H30ClNO. The van der Waals surface area contributed by atoms with Crippen molar-refractivity contribution < 1.29 is 4.74 Å². The first kappa shape index (κ1) is 19.3. The summed E-state index contributed by atoms with van der Waals surface area (Å²) < 4.78 is 5.85. The van der Waals surface area contributed by atoms with E-state index in [1.165, 1.54) is 16.7 Å². The van der Waals surface area contributed by atoms with Crippen molar-refractivity contribution in [3.63, 3.8) is 0 Å². The first-order valence-electron chi connectivity index (χ1n) is 7.32. The summed E-state index contributed by atoms with van der Waals surface area (Å²) in [7, 11) is 0. The van der Waals surface area contributed by atoms with Gasteiger partial charge in [0.05, 0.1) is 6.61 Å². The predicted octanol–water partition coefficient (Wildman–Crippen LogP) is 4.39. The highest BCUT2D eigenvalue weighted by Gasteiger charge is 2.21. The third-order valence-corrected chi connectivity index (χ3v) is 3.45. The van der Waals surface area contributed by atoms with Crippen LogP contribution in [0.3, 0.4) is 0 Å². The third-order valence-electron chi connectivity index (χ3n) is 3.45. The lowest BCUT2D eigenvalue weighted by Gasteiger charge is -2.25. The van der Waals surface area contributed by atoms with Crippen LogP contribution in [-0.4, -0.2) is 12.6 Å². The average molecular weight is 300 g/mol. The zero-order valence-electron chi connectivity index (χ0n) is 13.7. The van der Waals surface area contributed by atoms with Crippen LogP contribution in [0.4, 0.5) is 0 Å². The summed E-state index contributed by atoms with van der Waals surface area (Å²) in [5.74, 6) is 1.05. The third kappa shape index (κ3) is 4.99. The highest BCUT2D eigenvalue weighted by Crippen LogP contribution is 2.35. The Labute approximate surface area is 130 Å². The van der Waals surface area contributed by atoms with E-state index in [1.807, 2.05) is 6.92 Å². The Kier molecular flexibility index (Phi) is 7.61. The average Bonchev–Trinajstić information content (AvgIpc) is 2.30. The van der Waals surface area contributed by atoms with Crippen LogP contribution < -0.4 is 10.5 Å². The van der Waals surface area contributed by atoms with Gasteiger partial charge in [0.2, 0.25) is 0 Å². The molecule has 1 aromatic rings. The fraction of sp³-hybridized carbons (Fsp3) is 0.647. The molecular weight excluding hydrogens is 270 g/mol. The van der Waals surface area contributed by atoms with Gasteiger partial charge in [-0.25, -0.2) is 0 Å². The van der Waals surface area contributed by atoms with Crippen LogP contribution >= 0.6 is 12.4 Å². The highest BCUT2D eigenvalue weighted by atomic mass is 35.5. The molecule has 116 valence electrons. The van der Waals surface area contributed by atoms with Crippen LogP contribution in [0, 0.1) is 6.92 Å². The van der Waals surface area contributed by atoms with Crippen molar-refractivity contribution in [2.24, 2.45) is 5.73 Å². The van der Waals surface area contributed by atoms with Gasteiger partial charge < -0.3 is 10.5 Å². The van der Waals surface area contributed by atoms with Gasteiger partial charge in [-0.1, -0.05) is 39.8 Å². The molecule has 0 spiro atoms. The van der Waals surface area contributed by atoms with Gasteiger partial charge in [0.15, 0.2) is 0 Å². The predicted molar refractivity (Wildman–Crippen MR) is 90.3 cm³/mol. The summed E-state index contributed by atoms with van der Waals surface area (Å²) in [5.41, 5.74) is 9.98. The maximum Gasteiger partial charge on any atom is 0.125 e. The van der Waals surface area contributed by atoms with Crippen molar-refractivity contribution in [2.45, 2.75) is 65.8 Å². The molecule has 0 saturated carbocycles. The number of hydrogen-bond acceptors (Lipinski definition) is 2. The second kappa shape index (κ2) is 7.90. The molecule has 1 aromatic carbocycles. The number of halogens is 1. The topological polar surface area (TPSA) is 35.2 Å². The van der Waals surface area contributed by atoms with Crippen molar-refractivity contribution in [1.82, 2.24) is 0 Å². The molecule has 0 radical (unpaired) electrons. The van der Waals surface area contributed by atoms with E-state index in [9.17, 15) is 0 Å². The van der Waals surface area contributed by atoms with Crippen LogP contribution in [0.2, 0.25) is 0 Å². The van der Waals surface area contributed by atoms with Crippen LogP contribution in [0.5, 0.6) is 5.75 Å². The Balaban J connectivity index is 0.00000361. The molecule has 1 rings (SSSR count). The second-order valence-corrected chi connectivity index (χ2v) is 6.34. The minimum absolute atomic E-state index is 0. The summed E-state index contributed by atoms with van der Waals surface area (Å²) in [4.78, 5) is 0. The lowest BCUT2D eigenvalue weighted by molar-refractivity contribution is 0.327. The number of benzene rings is 1. The van der Waals surface area contributed by atoms with E-state index in [4.69, 9.17) is 10.5 Å². The Morgan fingerprint density at radius 1 is 1.20 bits per heavy atom. The van der Waals surface area contributed by atoms with Gasteiger partial charge in [-0.2, -0.15) is 0 Å². The molecule has 0 aliphatic carbocycles. The fourth-order valence-corrected chi connectivity index (χ4v) is 2.31. The minimum Gasteiger partial charge on any atom is -0.493 e. The summed E-state index contributed by atoms with van der Waals surface area (Å²) in [6.45, 7) is 13.7. The molecule has 3 heteroatoms. The molecule has 2 nitrogen and oxygen atoms in total. The van der Waals surface area contributed by atoms with Crippen molar-refractivity contribution in [3.05, 3.63) is 28.8 Å². The van der Waals surface area contributed by atoms with Gasteiger partial charge in [0, 0.05) is 11.6 Å². The zero-order valence-corrected chi connectivity index (χ0v) is 14.6. The monoisotopic (exact) mass is 299 g/mol. The molecule has 0 saturated heterocycles. The van der Waals surface area contributed by atoms with Gasteiger partial charge in [-0.05, 0) is 43.2 Å². The van der Waals surface area contributed by atoms with E-state index in [2.05, 4.69) is 46.8 Å². The molecule has 1 atom stereocenters. The summed E-state index contributed by atoms with van der Waals surface area (Å²) >= 11 is 0. The molecule has 0 heterocycles. The zero-order chi connectivity index (χ0) is 14.6. The maximum atomic E-state index is 6.08. The lowest BCUT2D eigenvalue weighted by Crippen LogP contribution is -2.22. The van der Waals surface area contributed by atoms with Gasteiger partial charge in [0.1, 0.15) is 5.75 Å². The van der Waals surface area contributed by atoms with Gasteiger partial charge in [0.25, 0.3) is 0 Å². The van der Waals surface area contributed by atoms with Crippen LogP contribution in [0.15, 0.2) is 12.1 Å². The first-order chi connectivity index (χ1) is 8.79. The molecule has 0 aromatic heterocycles. The number of hydrogen-bond donors (Lipinski definition) is 1. The van der Waals surface area contributed by atoms with Crippen LogP contribution in [0.1, 0.15) is 57.7 Å². The van der Waals surface area contributed by atoms with Crippen molar-refractivity contribution in [2.75, 3.05) is 6.61 Å². The number of ether oxygens (including phenoxy) is 1. The number of rotatable bonds is 5. The van der Waals surface area contributed by atoms with Gasteiger partial charge in [-0.15, -0.1) is 12.4 Å². The van der Waals surface area contributed by atoms with E-state index in [0.717, 1.165) is 18.6 Å². The SMILES string of the molecule is CCOc1c(C)cc(CC(N)CC)cc1C(C)(C)C.Cl. The quantitative estimate of drug-likeness (QED) is 0.875. The summed E-state index contributed by atoms with van der Waals surface area (Å²) in [6, 6.07) is 4.73. The molecule has 0 amide bonds. The van der Waals surface area contributed by atoms with Gasteiger partial charge >= 0.3 is 0 Å². The lowest BCUT2D eigenvalue weighted by atomic mass is 9.83. The van der Waals surface area contributed by atoms with Gasteiger partial charge in [-0.3, -0.25) is 0 Å². The summed E-state index contributed by atoms with van der Waals surface area (Å²) in [6.07, 6.45) is 1.95. The highest BCUT2D eigenvalue weighted by molar-refractivity contribution is 5.85. The van der Waals surface area contributed by atoms with E-state index >= 15 is 0 Å². The fourth-order valence-electron chi connectivity index (χ4n) is 2.31. The van der Waals surface area contributed by atoms with E-state index in [-0.39, 0.29) is 23.9 Å². The maximum absolute atomic E-state index is 6.08. The Morgan fingerprint density at radius 3 is 2.25 bits per heavy atom. The molecule has 1 unspecified atom stereocenters. The molecule has 0 aliphatic heterocycles. The molecule has 0 fully saturated rings. The van der Waals surface area contributed by atoms with Crippen LogP contribution in [0.25, 0.3) is 0 Å². The standard InChI is InChI=1S/C17H29NO.ClH/c1-7-14(18)10-13-9-12(3)16(19-8-2)15(11-13)17(4,5)6;/h9,11,14H,7-8,10,18H2,1-6H3;1H. The Hall–Kier alpha value is -0.730. The Morgan fingerprint density at radius 2 is 1.80 bits per heavy atom. The molecule has 20 heavy (non-hydrogen) atoms. The van der Waals surface area contributed by atoms with Crippen molar-refractivity contribution in [3.8, 4) is 5.75 Å². The molecule has 2 N–H and O–H groups in total. The van der Waals surface area contributed by atoms with Crippen LogP contribution in [-0.2, 0) is 11.8 Å². The van der Waals surface area contributed by atoms with E-state index < -0.39 is 0 Å².